The zero-order valence-electron chi connectivity index (χ0n) is 11.4. The monoisotopic (exact) mass is 339 g/mol. The largest absolute Gasteiger partial charge is 0.338 e. The summed E-state index contributed by atoms with van der Waals surface area (Å²) in [6.45, 7) is 0. The number of nitrogens with zero attached hydrogens (tertiary/aromatic N) is 1. The minimum absolute atomic E-state index is 0.0173. The molecular formula is C15H9ClF3N3O. The number of aromatic amines is 1. The first-order chi connectivity index (χ1) is 10.9. The van der Waals surface area contributed by atoms with Crippen LogP contribution in [0.25, 0.3) is 22.4 Å². The van der Waals surface area contributed by atoms with Crippen molar-refractivity contribution < 1.29 is 18.0 Å². The van der Waals surface area contributed by atoms with Gasteiger partial charge in [-0.25, -0.2) is 18.2 Å². The fourth-order valence-electron chi connectivity index (χ4n) is 2.09. The van der Waals surface area contributed by atoms with E-state index in [1.807, 2.05) is 0 Å². The lowest BCUT2D eigenvalue weighted by Gasteiger charge is -2.04. The molecule has 0 fully saturated rings. The molecule has 0 aliphatic heterocycles. The maximum atomic E-state index is 13.8. The maximum Gasteiger partial charge on any atom is 0.274 e. The molecule has 1 amide bonds. The Balaban J connectivity index is 1.99. The number of halogens is 4. The van der Waals surface area contributed by atoms with E-state index in [0.29, 0.717) is 16.7 Å². The molecule has 3 rings (SSSR count). The number of fused-ring (bicyclic) bond motifs is 1. The van der Waals surface area contributed by atoms with Crippen molar-refractivity contribution in [2.45, 2.75) is 5.63 Å². The molecule has 0 bridgehead atoms. The molecule has 1 unspecified atom stereocenters. The Morgan fingerprint density at radius 2 is 2.00 bits per heavy atom. The number of carbonyl (C=O) groups excluding carboxylic acids is 1. The molecular weight excluding hydrogens is 331 g/mol. The Labute approximate surface area is 133 Å². The van der Waals surface area contributed by atoms with Gasteiger partial charge in [0.1, 0.15) is 17.5 Å². The topological polar surface area (TPSA) is 57.8 Å². The van der Waals surface area contributed by atoms with Gasteiger partial charge < -0.3 is 10.3 Å². The van der Waals surface area contributed by atoms with Crippen molar-refractivity contribution >= 4 is 34.2 Å². The molecule has 1 heterocycles. The molecule has 0 saturated carbocycles. The molecule has 0 aliphatic rings. The normalized spacial score (nSPS) is 12.3. The summed E-state index contributed by atoms with van der Waals surface area (Å²) in [6.07, 6.45) is 0. The van der Waals surface area contributed by atoms with Gasteiger partial charge >= 0.3 is 0 Å². The summed E-state index contributed by atoms with van der Waals surface area (Å²) in [7, 11) is 0. The van der Waals surface area contributed by atoms with Gasteiger partial charge in [-0.3, -0.25) is 4.79 Å². The first-order valence-electron chi connectivity index (χ1n) is 6.48. The molecule has 1 aromatic heterocycles. The highest BCUT2D eigenvalue weighted by atomic mass is 35.5. The van der Waals surface area contributed by atoms with E-state index in [9.17, 15) is 18.0 Å². The van der Waals surface area contributed by atoms with Gasteiger partial charge in [0.25, 0.3) is 11.5 Å². The Bertz CT molecular complexity index is 895. The molecule has 3 aromatic rings. The summed E-state index contributed by atoms with van der Waals surface area (Å²) >= 11 is 5.04. The molecule has 1 atom stereocenters. The highest BCUT2D eigenvalue weighted by molar-refractivity contribution is 6.31. The van der Waals surface area contributed by atoms with Gasteiger partial charge in [0.15, 0.2) is 0 Å². The number of hydrogen-bond acceptors (Lipinski definition) is 2. The Kier molecular flexibility index (Phi) is 3.96. The van der Waals surface area contributed by atoms with Gasteiger partial charge in [-0.15, -0.1) is 0 Å². The van der Waals surface area contributed by atoms with Crippen LogP contribution in [-0.4, -0.2) is 21.5 Å². The highest BCUT2D eigenvalue weighted by Gasteiger charge is 2.15. The van der Waals surface area contributed by atoms with Crippen LogP contribution in [0.2, 0.25) is 0 Å². The molecule has 8 heteroatoms. The number of hydrogen-bond donors (Lipinski definition) is 2. The standard InChI is InChI=1S/C15H9ClF3N3O/c16-13(19)15(23)20-8-2-4-11-12(6-8)22-14(21-11)9-5-7(17)1-3-10(9)18/h1-6,13H,(H,20,23)(H,21,22). The van der Waals surface area contributed by atoms with Gasteiger partial charge in [0.05, 0.1) is 16.6 Å². The second-order valence-electron chi connectivity index (χ2n) is 4.73. The van der Waals surface area contributed by atoms with Gasteiger partial charge in [0, 0.05) is 5.69 Å². The first kappa shape index (κ1) is 15.4. The number of anilines is 1. The molecule has 118 valence electrons. The minimum Gasteiger partial charge on any atom is -0.338 e. The van der Waals surface area contributed by atoms with Crippen LogP contribution in [0.1, 0.15) is 0 Å². The number of imidazole rings is 1. The molecule has 0 aliphatic carbocycles. The number of benzene rings is 2. The van der Waals surface area contributed by atoms with Crippen LogP contribution >= 0.6 is 11.6 Å². The van der Waals surface area contributed by atoms with Crippen molar-refractivity contribution in [1.29, 1.82) is 0 Å². The molecule has 2 N–H and O–H groups in total. The lowest BCUT2D eigenvalue weighted by atomic mass is 10.2. The van der Waals surface area contributed by atoms with Crippen molar-refractivity contribution in [3.63, 3.8) is 0 Å². The first-order valence-corrected chi connectivity index (χ1v) is 6.92. The number of alkyl halides is 2. The fraction of sp³-hybridized carbons (Fsp3) is 0.0667. The Morgan fingerprint density at radius 3 is 2.74 bits per heavy atom. The van der Waals surface area contributed by atoms with E-state index in [4.69, 9.17) is 11.6 Å². The number of nitrogens with one attached hydrogen (secondary N) is 2. The molecule has 4 nitrogen and oxygen atoms in total. The summed E-state index contributed by atoms with van der Waals surface area (Å²) in [5.41, 5.74) is -0.947. The van der Waals surface area contributed by atoms with Crippen molar-refractivity contribution in [1.82, 2.24) is 9.97 Å². The van der Waals surface area contributed by atoms with Crippen molar-refractivity contribution in [3.8, 4) is 11.4 Å². The number of amides is 1. The maximum absolute atomic E-state index is 13.8. The third kappa shape index (κ3) is 3.14. The Morgan fingerprint density at radius 1 is 1.22 bits per heavy atom. The average molecular weight is 340 g/mol. The van der Waals surface area contributed by atoms with Crippen molar-refractivity contribution in [3.05, 3.63) is 48.0 Å². The van der Waals surface area contributed by atoms with Crippen LogP contribution in [0.4, 0.5) is 18.9 Å². The summed E-state index contributed by atoms with van der Waals surface area (Å²) in [5, 5.41) is 2.28. The molecule has 0 spiro atoms. The molecule has 23 heavy (non-hydrogen) atoms. The fourth-order valence-corrected chi connectivity index (χ4v) is 2.15. The van der Waals surface area contributed by atoms with E-state index in [1.165, 1.54) is 12.1 Å². The number of rotatable bonds is 3. The van der Waals surface area contributed by atoms with E-state index < -0.39 is 23.2 Å². The summed E-state index contributed by atoms with van der Waals surface area (Å²) in [6, 6.07) is 7.56. The minimum atomic E-state index is -2.16. The van der Waals surface area contributed by atoms with Crippen molar-refractivity contribution in [2.75, 3.05) is 5.32 Å². The highest BCUT2D eigenvalue weighted by Crippen LogP contribution is 2.25. The van der Waals surface area contributed by atoms with Gasteiger partial charge in [-0.1, -0.05) is 11.6 Å². The average Bonchev–Trinajstić information content (AvgIpc) is 2.92. The van der Waals surface area contributed by atoms with E-state index in [0.717, 1.165) is 18.2 Å². The van der Waals surface area contributed by atoms with Crippen LogP contribution in [-0.2, 0) is 4.79 Å². The van der Waals surface area contributed by atoms with Gasteiger partial charge in [-0.2, -0.15) is 0 Å². The molecule has 0 radical (unpaired) electrons. The van der Waals surface area contributed by atoms with Crippen LogP contribution in [0.5, 0.6) is 0 Å². The van der Waals surface area contributed by atoms with E-state index in [1.54, 1.807) is 6.07 Å². The quantitative estimate of drug-likeness (QED) is 0.709. The predicted molar refractivity (Wildman–Crippen MR) is 80.8 cm³/mol. The molecule has 2 aromatic carbocycles. The number of aromatic nitrogens is 2. The second kappa shape index (κ2) is 5.92. The third-order valence-electron chi connectivity index (χ3n) is 3.13. The van der Waals surface area contributed by atoms with Crippen LogP contribution < -0.4 is 5.32 Å². The predicted octanol–water partition coefficient (Wildman–Crippen LogP) is 3.98. The van der Waals surface area contributed by atoms with E-state index in [-0.39, 0.29) is 11.4 Å². The van der Waals surface area contributed by atoms with E-state index >= 15 is 0 Å². The van der Waals surface area contributed by atoms with E-state index in [2.05, 4.69) is 15.3 Å². The second-order valence-corrected chi connectivity index (χ2v) is 5.11. The Hall–Kier alpha value is -2.54. The van der Waals surface area contributed by atoms with Crippen LogP contribution in [0.3, 0.4) is 0 Å². The van der Waals surface area contributed by atoms with Crippen molar-refractivity contribution in [2.24, 2.45) is 0 Å². The third-order valence-corrected chi connectivity index (χ3v) is 3.33. The van der Waals surface area contributed by atoms with Crippen LogP contribution in [0, 0.1) is 11.6 Å². The zero-order chi connectivity index (χ0) is 16.6. The van der Waals surface area contributed by atoms with Gasteiger partial charge in [0.2, 0.25) is 0 Å². The smallest absolute Gasteiger partial charge is 0.274 e. The summed E-state index contributed by atoms with van der Waals surface area (Å²) in [4.78, 5) is 18.2. The molecule has 0 saturated heterocycles. The number of H-pyrrole nitrogens is 1. The van der Waals surface area contributed by atoms with Crippen LogP contribution in [0.15, 0.2) is 36.4 Å². The lowest BCUT2D eigenvalue weighted by Crippen LogP contribution is -2.19. The number of carbonyl (C=O) groups is 1. The van der Waals surface area contributed by atoms with Gasteiger partial charge in [-0.05, 0) is 36.4 Å². The summed E-state index contributed by atoms with van der Waals surface area (Å²) < 4.78 is 39.7. The zero-order valence-corrected chi connectivity index (χ0v) is 12.2. The lowest BCUT2D eigenvalue weighted by molar-refractivity contribution is -0.118. The SMILES string of the molecule is O=C(Nc1ccc2nc(-c3cc(F)ccc3F)[nH]c2c1)C(F)Cl. The summed E-state index contributed by atoms with van der Waals surface area (Å²) in [5.74, 6) is -2.07.